The Morgan fingerprint density at radius 1 is 1.38 bits per heavy atom. The van der Waals surface area contributed by atoms with Gasteiger partial charge in [0.25, 0.3) is 0 Å². The Bertz CT molecular complexity index is 914. The molecule has 0 aromatic carbocycles. The third kappa shape index (κ3) is 3.95. The molecule has 3 rings (SSSR count). The number of pyridine rings is 1. The number of H-pyrrole nitrogens is 1. The van der Waals surface area contributed by atoms with Crippen LogP contribution in [-0.4, -0.2) is 44.4 Å². The first-order valence-corrected chi connectivity index (χ1v) is 8.03. The molecular weight excluding hydrogens is 332 g/mol. The lowest BCUT2D eigenvalue weighted by atomic mass is 10.2. The number of aliphatic hydroxyl groups excluding tert-OH is 1. The monoisotopic (exact) mass is 352 g/mol. The van der Waals surface area contributed by atoms with Crippen LogP contribution in [0.3, 0.4) is 0 Å². The van der Waals surface area contributed by atoms with E-state index in [9.17, 15) is 0 Å². The number of nitrogens with zero attached hydrogens (tertiary/aromatic N) is 4. The third-order valence-corrected chi connectivity index (χ3v) is 3.63. The zero-order valence-electron chi connectivity index (χ0n) is 14.1. The van der Waals surface area contributed by atoms with Crippen molar-refractivity contribution in [3.8, 4) is 0 Å². The van der Waals surface area contributed by atoms with Crippen LogP contribution in [0.4, 0.5) is 11.6 Å². The topological polar surface area (TPSA) is 151 Å². The highest BCUT2D eigenvalue weighted by Gasteiger charge is 2.08. The minimum Gasteiger partial charge on any atom is -0.404 e. The molecule has 0 unspecified atom stereocenters. The quantitative estimate of drug-likeness (QED) is 0.396. The highest BCUT2D eigenvalue weighted by molar-refractivity contribution is 6.08. The molecule has 9 heteroatoms. The Balaban J connectivity index is 1.77. The second kappa shape index (κ2) is 8.08. The Labute approximate surface area is 149 Å². The van der Waals surface area contributed by atoms with Gasteiger partial charge in [-0.3, -0.25) is 9.98 Å². The molecule has 0 aliphatic carbocycles. The molecule has 134 valence electrons. The average molecular weight is 352 g/mol. The van der Waals surface area contributed by atoms with Gasteiger partial charge in [-0.05, 0) is 18.2 Å². The number of nitrogens with one attached hydrogen (secondary N) is 2. The molecule has 0 saturated heterocycles. The maximum Gasteiger partial charge on any atom is 0.169 e. The smallest absolute Gasteiger partial charge is 0.169 e. The number of hydrogen-bond donors (Lipinski definition) is 5. The number of nitrogen functional groups attached to an aromatic ring is 1. The van der Waals surface area contributed by atoms with E-state index in [1.807, 2.05) is 18.2 Å². The number of hydrogen-bond acceptors (Lipinski definition) is 8. The maximum absolute atomic E-state index is 8.81. The largest absolute Gasteiger partial charge is 0.404 e. The summed E-state index contributed by atoms with van der Waals surface area (Å²) in [5, 5.41) is 12.0. The van der Waals surface area contributed by atoms with Crippen molar-refractivity contribution in [3.63, 3.8) is 0 Å². The van der Waals surface area contributed by atoms with Gasteiger partial charge in [0, 0.05) is 29.9 Å². The number of fused-ring (bicyclic) bond motifs is 1. The summed E-state index contributed by atoms with van der Waals surface area (Å²) in [5.74, 6) is 0.732. The van der Waals surface area contributed by atoms with Gasteiger partial charge in [0.1, 0.15) is 0 Å². The Morgan fingerprint density at radius 3 is 3.04 bits per heavy atom. The molecule has 9 nitrogen and oxygen atoms in total. The zero-order valence-corrected chi connectivity index (χ0v) is 14.1. The average Bonchev–Trinajstić information content (AvgIpc) is 3.08. The van der Waals surface area contributed by atoms with Gasteiger partial charge >= 0.3 is 0 Å². The van der Waals surface area contributed by atoms with E-state index < -0.39 is 0 Å². The van der Waals surface area contributed by atoms with E-state index in [2.05, 4.69) is 30.2 Å². The molecule has 0 radical (unpaired) electrons. The molecule has 0 saturated carbocycles. The molecule has 0 aliphatic heterocycles. The summed E-state index contributed by atoms with van der Waals surface area (Å²) in [4.78, 5) is 20.2. The molecule has 7 N–H and O–H groups in total. The van der Waals surface area contributed by atoms with Gasteiger partial charge in [-0.2, -0.15) is 0 Å². The molecule has 0 atom stereocenters. The van der Waals surface area contributed by atoms with E-state index in [-0.39, 0.29) is 12.4 Å². The lowest BCUT2D eigenvalue weighted by Crippen LogP contribution is -2.08. The van der Waals surface area contributed by atoms with Gasteiger partial charge in [-0.1, -0.05) is 0 Å². The Hall–Kier alpha value is -3.46. The van der Waals surface area contributed by atoms with Gasteiger partial charge in [-0.25, -0.2) is 9.97 Å². The summed E-state index contributed by atoms with van der Waals surface area (Å²) in [6.07, 6.45) is 6.20. The molecule has 3 aromatic heterocycles. The predicted molar refractivity (Wildman–Crippen MR) is 102 cm³/mol. The number of aromatic nitrogens is 4. The highest BCUT2D eigenvalue weighted by Crippen LogP contribution is 2.18. The number of aliphatic imine (C=N–C) groups is 1. The van der Waals surface area contributed by atoms with Crippen LogP contribution >= 0.6 is 0 Å². The van der Waals surface area contributed by atoms with Gasteiger partial charge in [-0.15, -0.1) is 0 Å². The third-order valence-electron chi connectivity index (χ3n) is 3.63. The summed E-state index contributed by atoms with van der Waals surface area (Å²) in [5.41, 5.74) is 15.5. The minimum absolute atomic E-state index is 0.0338. The van der Waals surface area contributed by atoms with E-state index in [4.69, 9.17) is 16.6 Å². The van der Waals surface area contributed by atoms with Crippen LogP contribution in [0.25, 0.3) is 16.6 Å². The van der Waals surface area contributed by atoms with Gasteiger partial charge < -0.3 is 26.9 Å². The first-order chi connectivity index (χ1) is 12.7. The molecule has 0 spiro atoms. The normalized spacial score (nSPS) is 12.1. The fourth-order valence-corrected chi connectivity index (χ4v) is 2.37. The lowest BCUT2D eigenvalue weighted by molar-refractivity contribution is 0.307. The summed E-state index contributed by atoms with van der Waals surface area (Å²) in [7, 11) is 0. The Morgan fingerprint density at radius 2 is 2.27 bits per heavy atom. The SMILES string of the molecule is NC=C(C=NCCO)c1cnc(N)c(NCc2cc3ncccc3[nH]2)n1. The summed E-state index contributed by atoms with van der Waals surface area (Å²) < 4.78 is 0. The van der Waals surface area contributed by atoms with Crippen LogP contribution in [0, 0.1) is 0 Å². The summed E-state index contributed by atoms with van der Waals surface area (Å²) in [6, 6.07) is 5.80. The first kappa shape index (κ1) is 17.4. The van der Waals surface area contributed by atoms with Crippen LogP contribution in [0.5, 0.6) is 0 Å². The van der Waals surface area contributed by atoms with E-state index >= 15 is 0 Å². The molecular formula is C17H20N8O. The van der Waals surface area contributed by atoms with Crippen LogP contribution < -0.4 is 16.8 Å². The van der Waals surface area contributed by atoms with Gasteiger partial charge in [0.05, 0.1) is 42.6 Å². The van der Waals surface area contributed by atoms with Crippen LogP contribution in [0.15, 0.2) is 41.8 Å². The van der Waals surface area contributed by atoms with Crippen molar-refractivity contribution < 1.29 is 5.11 Å². The summed E-state index contributed by atoms with van der Waals surface area (Å²) in [6.45, 7) is 0.742. The highest BCUT2D eigenvalue weighted by atomic mass is 16.3. The molecule has 26 heavy (non-hydrogen) atoms. The lowest BCUT2D eigenvalue weighted by Gasteiger charge is -2.09. The minimum atomic E-state index is -0.0338. The van der Waals surface area contributed by atoms with Crippen molar-refractivity contribution in [1.82, 2.24) is 19.9 Å². The molecule has 3 aromatic rings. The number of anilines is 2. The fraction of sp³-hybridized carbons (Fsp3) is 0.176. The molecule has 3 heterocycles. The zero-order chi connectivity index (χ0) is 18.4. The molecule has 0 aliphatic rings. The van der Waals surface area contributed by atoms with Crippen LogP contribution in [0.1, 0.15) is 11.4 Å². The fourth-order valence-electron chi connectivity index (χ4n) is 2.37. The van der Waals surface area contributed by atoms with Crippen molar-refractivity contribution in [1.29, 1.82) is 0 Å². The standard InChI is InChI=1S/C17H20N8O/c18-7-11(8-20-4-5-26)15-10-22-16(19)17(25-15)23-9-12-6-14-13(24-12)2-1-3-21-14/h1-3,6-8,10,24,26H,4-5,9,18H2,(H2,19,22)(H,23,25). The van der Waals surface area contributed by atoms with E-state index in [0.29, 0.717) is 30.2 Å². The predicted octanol–water partition coefficient (Wildman–Crippen LogP) is 0.910. The van der Waals surface area contributed by atoms with E-state index in [0.717, 1.165) is 16.7 Å². The van der Waals surface area contributed by atoms with E-state index in [1.54, 1.807) is 12.4 Å². The number of aromatic amines is 1. The van der Waals surface area contributed by atoms with Crippen LogP contribution in [0.2, 0.25) is 0 Å². The van der Waals surface area contributed by atoms with Crippen molar-refractivity contribution in [2.45, 2.75) is 6.54 Å². The maximum atomic E-state index is 8.81. The van der Waals surface area contributed by atoms with Crippen molar-refractivity contribution in [2.24, 2.45) is 10.7 Å². The summed E-state index contributed by atoms with van der Waals surface area (Å²) >= 11 is 0. The van der Waals surface area contributed by atoms with Crippen molar-refractivity contribution >= 4 is 34.5 Å². The van der Waals surface area contributed by atoms with Gasteiger partial charge in [0.2, 0.25) is 0 Å². The number of nitrogens with two attached hydrogens (primary N) is 2. The number of aliphatic hydroxyl groups is 1. The molecule has 0 fully saturated rings. The van der Waals surface area contributed by atoms with Crippen molar-refractivity contribution in [3.05, 3.63) is 48.2 Å². The second-order valence-corrected chi connectivity index (χ2v) is 5.45. The van der Waals surface area contributed by atoms with Crippen molar-refractivity contribution in [2.75, 3.05) is 24.2 Å². The first-order valence-electron chi connectivity index (χ1n) is 8.03. The molecule has 0 amide bonds. The van der Waals surface area contributed by atoms with E-state index in [1.165, 1.54) is 12.4 Å². The number of rotatable bonds is 7. The second-order valence-electron chi connectivity index (χ2n) is 5.45. The molecule has 0 bridgehead atoms. The number of allylic oxidation sites excluding steroid dienone is 1. The van der Waals surface area contributed by atoms with Gasteiger partial charge in [0.15, 0.2) is 11.6 Å². The Kier molecular flexibility index (Phi) is 5.40. The van der Waals surface area contributed by atoms with Crippen LogP contribution in [-0.2, 0) is 6.54 Å².